The van der Waals surface area contributed by atoms with Gasteiger partial charge in [0, 0.05) is 23.7 Å². The van der Waals surface area contributed by atoms with Crippen LogP contribution in [0.5, 0.6) is 5.75 Å². The molecule has 1 saturated heterocycles. The highest BCUT2D eigenvalue weighted by Crippen LogP contribution is 2.37. The van der Waals surface area contributed by atoms with E-state index in [-0.39, 0.29) is 42.0 Å². The molecule has 0 radical (unpaired) electrons. The molecule has 1 fully saturated rings. The van der Waals surface area contributed by atoms with Gasteiger partial charge in [0.1, 0.15) is 5.52 Å². The largest absolute Gasteiger partial charge is 0.480 e. The molecule has 2 aromatic rings. The highest BCUT2D eigenvalue weighted by Gasteiger charge is 2.29. The van der Waals surface area contributed by atoms with Gasteiger partial charge in [-0.25, -0.2) is 13.4 Å². The molecule has 8 nitrogen and oxygen atoms in total. The van der Waals surface area contributed by atoms with Crippen molar-refractivity contribution in [3.8, 4) is 5.75 Å². The second kappa shape index (κ2) is 9.58. The summed E-state index contributed by atoms with van der Waals surface area (Å²) in [5.41, 5.74) is 1.19. The zero-order valence-corrected chi connectivity index (χ0v) is 19.5. The van der Waals surface area contributed by atoms with Gasteiger partial charge in [0.15, 0.2) is 22.2 Å². The number of aryl methyl sites for hydroxylation is 1. The summed E-state index contributed by atoms with van der Waals surface area (Å²) in [5.74, 6) is -0.593. The molecule has 1 aromatic carbocycles. The minimum atomic E-state index is -3.10. The van der Waals surface area contributed by atoms with Gasteiger partial charge in [-0.15, -0.1) is 0 Å². The van der Waals surface area contributed by atoms with E-state index in [9.17, 15) is 18.0 Å². The van der Waals surface area contributed by atoms with Crippen LogP contribution in [0.2, 0.25) is 10.0 Å². The number of likely N-dealkylation sites (N-methyl/N-ethyl adjacent to an activating group) is 1. The molecule has 2 heterocycles. The molecule has 31 heavy (non-hydrogen) atoms. The molecule has 1 aromatic heterocycles. The molecule has 1 aliphatic rings. The fraction of sp³-hybridized carbons (Fsp3) is 0.450. The normalized spacial score (nSPS) is 17.5. The standard InChI is InChI=1S/C20H23Cl2N3O5S/c1-3-25(9-17(26)24-13-6-7-31(28,29)11-13)18(27)10-30-20-16(22)8-15(21)14-5-4-12(2)23-19(14)20/h4-5,8,13H,3,6-7,9-11H2,1-2H3,(H,24,26)/t13-/m0/s1. The molecule has 0 spiro atoms. The van der Waals surface area contributed by atoms with Crippen LogP contribution in [0.25, 0.3) is 10.9 Å². The molecule has 0 bridgehead atoms. The van der Waals surface area contributed by atoms with Crippen molar-refractivity contribution < 1.29 is 22.7 Å². The first kappa shape index (κ1) is 23.6. The van der Waals surface area contributed by atoms with Crippen molar-refractivity contribution in [3.63, 3.8) is 0 Å². The molecule has 2 amide bonds. The summed E-state index contributed by atoms with van der Waals surface area (Å²) in [6.45, 7) is 3.30. The van der Waals surface area contributed by atoms with Crippen LogP contribution in [0.4, 0.5) is 0 Å². The van der Waals surface area contributed by atoms with Gasteiger partial charge in [-0.1, -0.05) is 23.2 Å². The lowest BCUT2D eigenvalue weighted by atomic mass is 10.2. The lowest BCUT2D eigenvalue weighted by Crippen LogP contribution is -2.45. The van der Waals surface area contributed by atoms with Crippen LogP contribution in [-0.2, 0) is 19.4 Å². The number of ether oxygens (including phenoxy) is 1. The number of carbonyl (C=O) groups is 2. The molecule has 1 atom stereocenters. The van der Waals surface area contributed by atoms with E-state index in [0.29, 0.717) is 22.3 Å². The number of rotatable bonds is 7. The van der Waals surface area contributed by atoms with Crippen LogP contribution in [0.15, 0.2) is 18.2 Å². The fourth-order valence-electron chi connectivity index (χ4n) is 3.38. The number of halogens is 2. The van der Waals surface area contributed by atoms with E-state index in [2.05, 4.69) is 10.3 Å². The zero-order valence-electron chi connectivity index (χ0n) is 17.2. The van der Waals surface area contributed by atoms with E-state index in [0.717, 1.165) is 5.69 Å². The van der Waals surface area contributed by atoms with Crippen molar-refractivity contribution in [2.75, 3.05) is 31.2 Å². The van der Waals surface area contributed by atoms with Crippen LogP contribution in [0, 0.1) is 6.92 Å². The Morgan fingerprint density at radius 3 is 2.68 bits per heavy atom. The predicted octanol–water partition coefficient (Wildman–Crippen LogP) is 2.38. The molecule has 1 N–H and O–H groups in total. The van der Waals surface area contributed by atoms with E-state index >= 15 is 0 Å². The summed E-state index contributed by atoms with van der Waals surface area (Å²) >= 11 is 12.5. The van der Waals surface area contributed by atoms with Gasteiger partial charge in [0.05, 0.1) is 28.1 Å². The fourth-order valence-corrected chi connectivity index (χ4v) is 5.63. The summed E-state index contributed by atoms with van der Waals surface area (Å²) < 4.78 is 28.8. The first-order valence-corrected chi connectivity index (χ1v) is 12.3. The number of carbonyl (C=O) groups excluding carboxylic acids is 2. The van der Waals surface area contributed by atoms with Gasteiger partial charge in [0.25, 0.3) is 5.91 Å². The van der Waals surface area contributed by atoms with Gasteiger partial charge in [-0.3, -0.25) is 9.59 Å². The molecule has 11 heteroatoms. The summed E-state index contributed by atoms with van der Waals surface area (Å²) in [7, 11) is -3.10. The first-order valence-electron chi connectivity index (χ1n) is 9.75. The van der Waals surface area contributed by atoms with Crippen LogP contribution in [0.3, 0.4) is 0 Å². The maximum atomic E-state index is 12.6. The molecule has 3 rings (SSSR count). The number of benzene rings is 1. The SMILES string of the molecule is CCN(CC(=O)N[C@H]1CCS(=O)(=O)C1)C(=O)COc1c(Cl)cc(Cl)c2ccc(C)nc12. The number of amides is 2. The lowest BCUT2D eigenvalue weighted by molar-refractivity contribution is -0.137. The second-order valence-corrected chi connectivity index (χ2v) is 10.4. The minimum Gasteiger partial charge on any atom is -0.480 e. The third-order valence-corrected chi connectivity index (χ3v) is 7.35. The van der Waals surface area contributed by atoms with Crippen LogP contribution < -0.4 is 10.1 Å². The average molecular weight is 488 g/mol. The number of hydrogen-bond acceptors (Lipinski definition) is 6. The number of fused-ring (bicyclic) bond motifs is 1. The number of hydrogen-bond donors (Lipinski definition) is 1. The summed E-state index contributed by atoms with van der Waals surface area (Å²) in [6.07, 6.45) is 0.381. The quantitative estimate of drug-likeness (QED) is 0.642. The Bertz CT molecular complexity index is 1120. The smallest absolute Gasteiger partial charge is 0.260 e. The van der Waals surface area contributed by atoms with Crippen molar-refractivity contribution in [1.82, 2.24) is 15.2 Å². The van der Waals surface area contributed by atoms with E-state index < -0.39 is 27.7 Å². The van der Waals surface area contributed by atoms with E-state index in [1.165, 1.54) is 11.0 Å². The van der Waals surface area contributed by atoms with Gasteiger partial charge in [-0.05, 0) is 38.5 Å². The third-order valence-electron chi connectivity index (χ3n) is 4.98. The number of pyridine rings is 1. The topological polar surface area (TPSA) is 106 Å². The van der Waals surface area contributed by atoms with E-state index in [4.69, 9.17) is 27.9 Å². The molecule has 168 valence electrons. The molecular weight excluding hydrogens is 465 g/mol. The van der Waals surface area contributed by atoms with Crippen LogP contribution >= 0.6 is 23.2 Å². The van der Waals surface area contributed by atoms with Gasteiger partial charge in [0.2, 0.25) is 5.91 Å². The highest BCUT2D eigenvalue weighted by molar-refractivity contribution is 7.91. The van der Waals surface area contributed by atoms with Crippen molar-refractivity contribution in [3.05, 3.63) is 33.9 Å². The van der Waals surface area contributed by atoms with Gasteiger partial charge in [-0.2, -0.15) is 0 Å². The Labute approximate surface area is 190 Å². The Hall–Kier alpha value is -2.10. The monoisotopic (exact) mass is 487 g/mol. The summed E-state index contributed by atoms with van der Waals surface area (Å²) in [5, 5.41) is 3.98. The van der Waals surface area contributed by atoms with E-state index in [1.807, 2.05) is 13.0 Å². The number of nitrogens with one attached hydrogen (secondary N) is 1. The molecule has 0 aliphatic carbocycles. The van der Waals surface area contributed by atoms with Gasteiger partial charge >= 0.3 is 0 Å². The maximum Gasteiger partial charge on any atom is 0.260 e. The van der Waals surface area contributed by atoms with Crippen molar-refractivity contribution >= 4 is 55.8 Å². The maximum absolute atomic E-state index is 12.6. The Morgan fingerprint density at radius 2 is 2.03 bits per heavy atom. The molecule has 0 unspecified atom stereocenters. The van der Waals surface area contributed by atoms with E-state index in [1.54, 1.807) is 13.0 Å². The predicted molar refractivity (Wildman–Crippen MR) is 119 cm³/mol. The Balaban J connectivity index is 1.65. The van der Waals surface area contributed by atoms with Crippen LogP contribution in [0.1, 0.15) is 19.0 Å². The number of sulfone groups is 1. The average Bonchev–Trinajstić information content (AvgIpc) is 3.03. The number of aromatic nitrogens is 1. The minimum absolute atomic E-state index is 0.0610. The molecule has 1 aliphatic heterocycles. The lowest BCUT2D eigenvalue weighted by Gasteiger charge is -2.22. The summed E-state index contributed by atoms with van der Waals surface area (Å²) in [4.78, 5) is 30.7. The molecular formula is C20H23Cl2N3O5S. The van der Waals surface area contributed by atoms with Crippen LogP contribution in [-0.4, -0.2) is 67.4 Å². The molecule has 0 saturated carbocycles. The van der Waals surface area contributed by atoms with Gasteiger partial charge < -0.3 is 15.0 Å². The van der Waals surface area contributed by atoms with Crippen molar-refractivity contribution in [2.45, 2.75) is 26.3 Å². The van der Waals surface area contributed by atoms with Crippen molar-refractivity contribution in [1.29, 1.82) is 0 Å². The highest BCUT2D eigenvalue weighted by atomic mass is 35.5. The van der Waals surface area contributed by atoms with Crippen molar-refractivity contribution in [2.24, 2.45) is 0 Å². The third kappa shape index (κ3) is 5.78. The second-order valence-electron chi connectivity index (χ2n) is 7.38. The summed E-state index contributed by atoms with van der Waals surface area (Å²) in [6, 6.07) is 4.72. The number of nitrogens with zero attached hydrogens (tertiary/aromatic N) is 2. The first-order chi connectivity index (χ1) is 14.6. The Morgan fingerprint density at radius 1 is 1.29 bits per heavy atom. The Kier molecular flexibility index (Phi) is 7.28. The zero-order chi connectivity index (χ0) is 22.8.